The van der Waals surface area contributed by atoms with Gasteiger partial charge in [0.25, 0.3) is 0 Å². The highest BCUT2D eigenvalue weighted by Crippen LogP contribution is 2.29. The predicted octanol–water partition coefficient (Wildman–Crippen LogP) is 0.309. The maximum absolute atomic E-state index is 12.4. The highest BCUT2D eigenvalue weighted by molar-refractivity contribution is 5.84. The van der Waals surface area contributed by atoms with Crippen LogP contribution in [-0.4, -0.2) is 48.1 Å². The van der Waals surface area contributed by atoms with E-state index in [9.17, 15) is 9.59 Å². The number of nitrogens with zero attached hydrogens (tertiary/aromatic N) is 1. The minimum Gasteiger partial charge on any atom is -0.481 e. The van der Waals surface area contributed by atoms with E-state index < -0.39 is 5.97 Å². The number of carboxylic acids is 1. The number of piperidine rings is 1. The van der Waals surface area contributed by atoms with E-state index in [0.717, 1.165) is 19.4 Å². The molecule has 2 saturated heterocycles. The van der Waals surface area contributed by atoms with Crippen LogP contribution in [-0.2, 0) is 9.59 Å². The molecule has 0 radical (unpaired) electrons. The second-order valence-corrected chi connectivity index (χ2v) is 5.42. The average molecular weight is 240 g/mol. The Morgan fingerprint density at radius 3 is 2.82 bits per heavy atom. The Labute approximate surface area is 101 Å². The summed E-state index contributed by atoms with van der Waals surface area (Å²) in [5, 5.41) is 12.2. The molecule has 0 aromatic rings. The Hall–Kier alpha value is -1.10. The molecule has 2 atom stereocenters. The van der Waals surface area contributed by atoms with E-state index in [1.807, 2.05) is 6.92 Å². The van der Waals surface area contributed by atoms with Gasteiger partial charge in [0.2, 0.25) is 5.91 Å². The molecule has 96 valence electrons. The van der Waals surface area contributed by atoms with Crippen molar-refractivity contribution in [2.75, 3.05) is 26.2 Å². The third-order valence-electron chi connectivity index (χ3n) is 3.94. The Bertz CT molecular complexity index is 324. The molecule has 0 bridgehead atoms. The molecule has 2 N–H and O–H groups in total. The fourth-order valence-corrected chi connectivity index (χ4v) is 2.74. The van der Waals surface area contributed by atoms with E-state index >= 15 is 0 Å². The number of rotatable bonds is 2. The van der Waals surface area contributed by atoms with Crippen LogP contribution in [0.15, 0.2) is 0 Å². The Morgan fingerprint density at radius 1 is 1.47 bits per heavy atom. The first-order valence-corrected chi connectivity index (χ1v) is 6.26. The Kier molecular flexibility index (Phi) is 3.38. The fourth-order valence-electron chi connectivity index (χ4n) is 2.74. The molecule has 2 heterocycles. The number of hydrogen-bond acceptors (Lipinski definition) is 3. The largest absolute Gasteiger partial charge is 0.481 e. The van der Waals surface area contributed by atoms with Gasteiger partial charge in [0.15, 0.2) is 0 Å². The van der Waals surface area contributed by atoms with E-state index in [1.54, 1.807) is 4.90 Å². The van der Waals surface area contributed by atoms with Crippen LogP contribution < -0.4 is 5.32 Å². The average Bonchev–Trinajstić information content (AvgIpc) is 2.76. The molecule has 5 heteroatoms. The number of aliphatic carboxylic acids is 1. The molecule has 0 aliphatic carbocycles. The highest BCUT2D eigenvalue weighted by atomic mass is 16.4. The molecule has 5 nitrogen and oxygen atoms in total. The normalized spacial score (nSPS) is 33.7. The lowest BCUT2D eigenvalue weighted by Crippen LogP contribution is -2.49. The number of carbonyl (C=O) groups excluding carboxylic acids is 1. The third kappa shape index (κ3) is 2.44. The monoisotopic (exact) mass is 240 g/mol. The SMILES string of the molecule is CC1(C(=O)N2CCC[C@H](C(=O)O)C2)CCNC1. The molecule has 2 aliphatic rings. The summed E-state index contributed by atoms with van der Waals surface area (Å²) in [4.78, 5) is 25.1. The van der Waals surface area contributed by atoms with Gasteiger partial charge >= 0.3 is 5.97 Å². The van der Waals surface area contributed by atoms with Gasteiger partial charge in [0, 0.05) is 19.6 Å². The van der Waals surface area contributed by atoms with Gasteiger partial charge in [-0.3, -0.25) is 9.59 Å². The molecule has 0 spiro atoms. The minimum absolute atomic E-state index is 0.119. The van der Waals surface area contributed by atoms with Gasteiger partial charge < -0.3 is 15.3 Å². The van der Waals surface area contributed by atoms with Gasteiger partial charge in [-0.1, -0.05) is 0 Å². The maximum Gasteiger partial charge on any atom is 0.308 e. The molecule has 2 fully saturated rings. The van der Waals surface area contributed by atoms with E-state index in [2.05, 4.69) is 5.32 Å². The topological polar surface area (TPSA) is 69.6 Å². The molecule has 0 aromatic carbocycles. The predicted molar refractivity (Wildman–Crippen MR) is 62.5 cm³/mol. The van der Waals surface area contributed by atoms with Crippen molar-refractivity contribution < 1.29 is 14.7 Å². The lowest BCUT2D eigenvalue weighted by molar-refractivity contribution is -0.148. The van der Waals surface area contributed by atoms with E-state index in [1.165, 1.54) is 0 Å². The zero-order valence-corrected chi connectivity index (χ0v) is 10.2. The molecular formula is C12H20N2O3. The van der Waals surface area contributed by atoms with E-state index in [-0.39, 0.29) is 17.2 Å². The molecular weight excluding hydrogens is 220 g/mol. The summed E-state index contributed by atoms with van der Waals surface area (Å²) in [5.41, 5.74) is -0.333. The Balaban J connectivity index is 2.01. The van der Waals surface area contributed by atoms with E-state index in [4.69, 9.17) is 5.11 Å². The lowest BCUT2D eigenvalue weighted by Gasteiger charge is -2.36. The van der Waals surface area contributed by atoms with Gasteiger partial charge in [-0.2, -0.15) is 0 Å². The van der Waals surface area contributed by atoms with Crippen molar-refractivity contribution in [3.05, 3.63) is 0 Å². The fraction of sp³-hybridized carbons (Fsp3) is 0.833. The number of amides is 1. The summed E-state index contributed by atoms with van der Waals surface area (Å²) < 4.78 is 0. The smallest absolute Gasteiger partial charge is 0.308 e. The second-order valence-electron chi connectivity index (χ2n) is 5.42. The third-order valence-corrected chi connectivity index (χ3v) is 3.94. The van der Waals surface area contributed by atoms with Crippen molar-refractivity contribution in [2.45, 2.75) is 26.2 Å². The van der Waals surface area contributed by atoms with Crippen LogP contribution in [0.4, 0.5) is 0 Å². The summed E-state index contributed by atoms with van der Waals surface area (Å²) in [6.07, 6.45) is 2.33. The van der Waals surface area contributed by atoms with Crippen molar-refractivity contribution in [2.24, 2.45) is 11.3 Å². The lowest BCUT2D eigenvalue weighted by atomic mass is 9.86. The van der Waals surface area contributed by atoms with Crippen molar-refractivity contribution in [3.8, 4) is 0 Å². The molecule has 1 amide bonds. The number of carboxylic acid groups (broad SMARTS) is 1. The molecule has 2 aliphatic heterocycles. The first kappa shape index (κ1) is 12.4. The first-order valence-electron chi connectivity index (χ1n) is 6.26. The summed E-state index contributed by atoms with van der Waals surface area (Å²) >= 11 is 0. The molecule has 0 aromatic heterocycles. The summed E-state index contributed by atoms with van der Waals surface area (Å²) in [6, 6.07) is 0. The first-order chi connectivity index (χ1) is 8.03. The van der Waals surface area contributed by atoms with Crippen molar-refractivity contribution >= 4 is 11.9 Å². The highest BCUT2D eigenvalue weighted by Gasteiger charge is 2.41. The summed E-state index contributed by atoms with van der Waals surface area (Å²) in [5.74, 6) is -1.05. The maximum atomic E-state index is 12.4. The second kappa shape index (κ2) is 4.64. The van der Waals surface area contributed by atoms with E-state index in [0.29, 0.717) is 26.1 Å². The van der Waals surface area contributed by atoms with Crippen LogP contribution in [0.1, 0.15) is 26.2 Å². The Morgan fingerprint density at radius 2 is 2.24 bits per heavy atom. The summed E-state index contributed by atoms with van der Waals surface area (Å²) in [7, 11) is 0. The van der Waals surface area contributed by atoms with Gasteiger partial charge in [-0.25, -0.2) is 0 Å². The number of carbonyl (C=O) groups is 2. The number of likely N-dealkylation sites (tertiary alicyclic amines) is 1. The molecule has 0 saturated carbocycles. The minimum atomic E-state index is -0.780. The standard InChI is InChI=1S/C12H20N2O3/c1-12(4-5-13-8-12)11(17)14-6-2-3-9(7-14)10(15)16/h9,13H,2-8H2,1H3,(H,15,16)/t9-,12?/m0/s1. The van der Waals surface area contributed by atoms with Crippen LogP contribution in [0.5, 0.6) is 0 Å². The quantitative estimate of drug-likeness (QED) is 0.729. The van der Waals surface area contributed by atoms with Crippen LogP contribution >= 0.6 is 0 Å². The summed E-state index contributed by atoms with van der Waals surface area (Å²) in [6.45, 7) is 4.64. The van der Waals surface area contributed by atoms with Gasteiger partial charge in [0.1, 0.15) is 0 Å². The van der Waals surface area contributed by atoms with Gasteiger partial charge in [-0.15, -0.1) is 0 Å². The van der Waals surface area contributed by atoms with Crippen molar-refractivity contribution in [1.29, 1.82) is 0 Å². The molecule has 17 heavy (non-hydrogen) atoms. The zero-order valence-electron chi connectivity index (χ0n) is 10.2. The molecule has 1 unspecified atom stereocenters. The van der Waals surface area contributed by atoms with Crippen LogP contribution in [0.25, 0.3) is 0 Å². The van der Waals surface area contributed by atoms with Crippen LogP contribution in [0.3, 0.4) is 0 Å². The van der Waals surface area contributed by atoms with Crippen LogP contribution in [0.2, 0.25) is 0 Å². The van der Waals surface area contributed by atoms with Crippen molar-refractivity contribution in [1.82, 2.24) is 10.2 Å². The van der Waals surface area contributed by atoms with Crippen LogP contribution in [0, 0.1) is 11.3 Å². The van der Waals surface area contributed by atoms with Crippen molar-refractivity contribution in [3.63, 3.8) is 0 Å². The number of hydrogen-bond donors (Lipinski definition) is 2. The number of nitrogens with one attached hydrogen (secondary N) is 1. The van der Waals surface area contributed by atoms with Gasteiger partial charge in [0.05, 0.1) is 11.3 Å². The molecule has 2 rings (SSSR count). The van der Waals surface area contributed by atoms with Gasteiger partial charge in [-0.05, 0) is 32.7 Å². The zero-order chi connectivity index (χ0) is 12.5.